The van der Waals surface area contributed by atoms with E-state index in [4.69, 9.17) is 5.73 Å². The molecule has 2 N–H and O–H groups in total. The summed E-state index contributed by atoms with van der Waals surface area (Å²) in [5.41, 5.74) is 8.37. The van der Waals surface area contributed by atoms with Gasteiger partial charge in [0.2, 0.25) is 0 Å². The predicted octanol–water partition coefficient (Wildman–Crippen LogP) is 2.86. The summed E-state index contributed by atoms with van der Waals surface area (Å²) in [6, 6.07) is 7.40. The maximum atomic E-state index is 12.4. The number of hydrogen-bond acceptors (Lipinski definition) is 3. The number of aryl methyl sites for hydroxylation is 2. The molecule has 6 heteroatoms. The highest BCUT2D eigenvalue weighted by atomic mass is 79.9. The van der Waals surface area contributed by atoms with Crippen LogP contribution in [0, 0.1) is 6.92 Å². The predicted molar refractivity (Wildman–Crippen MR) is 81.3 cm³/mol. The van der Waals surface area contributed by atoms with Gasteiger partial charge in [0.25, 0.3) is 0 Å². The fraction of sp³-hybridized carbons (Fsp3) is 0.308. The summed E-state index contributed by atoms with van der Waals surface area (Å²) >= 11 is 3.35. The van der Waals surface area contributed by atoms with Gasteiger partial charge >= 0.3 is 0 Å². The van der Waals surface area contributed by atoms with Crippen molar-refractivity contribution in [2.45, 2.75) is 31.0 Å². The number of rotatable bonds is 4. The van der Waals surface area contributed by atoms with Gasteiger partial charge < -0.3 is 5.73 Å². The molecule has 4 nitrogen and oxygen atoms in total. The largest absolute Gasteiger partial charge is 0.398 e. The van der Waals surface area contributed by atoms with Crippen molar-refractivity contribution in [1.29, 1.82) is 0 Å². The summed E-state index contributed by atoms with van der Waals surface area (Å²) in [5.74, 6) is 0.431. The number of nitrogens with zero attached hydrogens (tertiary/aromatic N) is 2. The zero-order valence-corrected chi connectivity index (χ0v) is 13.3. The zero-order chi connectivity index (χ0) is 14.0. The molecule has 0 saturated heterocycles. The Kier molecular flexibility index (Phi) is 4.42. The lowest BCUT2D eigenvalue weighted by Gasteiger charge is -2.07. The van der Waals surface area contributed by atoms with Gasteiger partial charge in [0.15, 0.2) is 0 Å². The molecule has 0 aliphatic rings. The van der Waals surface area contributed by atoms with E-state index >= 15 is 0 Å². The van der Waals surface area contributed by atoms with Crippen molar-refractivity contribution < 1.29 is 4.21 Å². The van der Waals surface area contributed by atoms with Crippen LogP contribution in [0.5, 0.6) is 0 Å². The molecule has 1 atom stereocenters. The van der Waals surface area contributed by atoms with E-state index in [0.717, 1.165) is 22.4 Å². The number of benzene rings is 1. The van der Waals surface area contributed by atoms with Gasteiger partial charge in [-0.15, -0.1) is 0 Å². The number of hydrogen-bond donors (Lipinski definition) is 1. The molecule has 0 radical (unpaired) electrons. The van der Waals surface area contributed by atoms with E-state index in [9.17, 15) is 4.21 Å². The molecule has 0 fully saturated rings. The van der Waals surface area contributed by atoms with E-state index < -0.39 is 10.8 Å². The molecule has 102 valence electrons. The number of halogens is 1. The molecule has 0 spiro atoms. The third-order valence-electron chi connectivity index (χ3n) is 2.78. The first kappa shape index (κ1) is 14.3. The van der Waals surface area contributed by atoms with Gasteiger partial charge in [0, 0.05) is 16.7 Å². The Morgan fingerprint density at radius 2 is 2.16 bits per heavy atom. The smallest absolute Gasteiger partial charge is 0.0703 e. The minimum atomic E-state index is -1.16. The van der Waals surface area contributed by atoms with E-state index in [0.29, 0.717) is 16.3 Å². The molecule has 19 heavy (non-hydrogen) atoms. The molecule has 1 aromatic carbocycles. The van der Waals surface area contributed by atoms with Crippen LogP contribution in [0.2, 0.25) is 0 Å². The molecule has 0 amide bonds. The Labute approximate surface area is 123 Å². The Hall–Kier alpha value is -1.14. The lowest BCUT2D eigenvalue weighted by molar-refractivity contribution is 0.627. The minimum absolute atomic E-state index is 0.431. The van der Waals surface area contributed by atoms with Crippen molar-refractivity contribution in [3.63, 3.8) is 0 Å². The molecule has 0 saturated carbocycles. The second-order valence-corrected chi connectivity index (χ2v) is 6.60. The molecule has 1 aromatic heterocycles. The molecule has 1 heterocycles. The van der Waals surface area contributed by atoms with Crippen LogP contribution in [0.3, 0.4) is 0 Å². The standard InChI is InChI=1S/C13H16BrN3OS/c1-3-17-11(6-9(2)16-17)8-19(18)13-5-4-10(14)7-12(13)15/h4-7H,3,8,15H2,1-2H3. The Bertz CT molecular complexity index is 624. The monoisotopic (exact) mass is 341 g/mol. The van der Waals surface area contributed by atoms with E-state index in [2.05, 4.69) is 21.0 Å². The van der Waals surface area contributed by atoms with Crippen LogP contribution in [0.1, 0.15) is 18.3 Å². The average Bonchev–Trinajstić information content (AvgIpc) is 2.69. The Morgan fingerprint density at radius 1 is 1.42 bits per heavy atom. The average molecular weight is 342 g/mol. The third-order valence-corrected chi connectivity index (χ3v) is 4.69. The first-order valence-corrected chi connectivity index (χ1v) is 8.09. The summed E-state index contributed by atoms with van der Waals surface area (Å²) in [5, 5.41) is 4.36. The SMILES string of the molecule is CCn1nc(C)cc1CS(=O)c1ccc(Br)cc1N. The highest BCUT2D eigenvalue weighted by Gasteiger charge is 2.12. The van der Waals surface area contributed by atoms with E-state index in [1.165, 1.54) is 0 Å². The second kappa shape index (κ2) is 5.88. The van der Waals surface area contributed by atoms with Crippen molar-refractivity contribution in [1.82, 2.24) is 9.78 Å². The molecule has 2 rings (SSSR count). The van der Waals surface area contributed by atoms with E-state index in [1.807, 2.05) is 30.7 Å². The first-order valence-electron chi connectivity index (χ1n) is 5.98. The highest BCUT2D eigenvalue weighted by molar-refractivity contribution is 9.10. The normalized spacial score (nSPS) is 12.6. The number of anilines is 1. The lowest BCUT2D eigenvalue weighted by atomic mass is 10.3. The maximum Gasteiger partial charge on any atom is 0.0703 e. The van der Waals surface area contributed by atoms with Crippen molar-refractivity contribution >= 4 is 32.4 Å². The molecule has 0 aliphatic carbocycles. The molecule has 0 aliphatic heterocycles. The van der Waals surface area contributed by atoms with Gasteiger partial charge in [0.05, 0.1) is 32.8 Å². The summed E-state index contributed by atoms with van der Waals surface area (Å²) in [6.45, 7) is 4.73. The van der Waals surface area contributed by atoms with Gasteiger partial charge in [-0.25, -0.2) is 0 Å². The fourth-order valence-corrected chi connectivity index (χ4v) is 3.50. The number of nitrogens with two attached hydrogens (primary N) is 1. The first-order chi connectivity index (χ1) is 9.01. The van der Waals surface area contributed by atoms with Gasteiger partial charge in [-0.2, -0.15) is 5.10 Å². The lowest BCUT2D eigenvalue weighted by Crippen LogP contribution is -2.07. The van der Waals surface area contributed by atoms with Crippen molar-refractivity contribution in [2.24, 2.45) is 0 Å². The fourth-order valence-electron chi connectivity index (χ4n) is 1.93. The number of aromatic nitrogens is 2. The highest BCUT2D eigenvalue weighted by Crippen LogP contribution is 2.23. The van der Waals surface area contributed by atoms with Crippen LogP contribution < -0.4 is 5.73 Å². The minimum Gasteiger partial charge on any atom is -0.398 e. The molecule has 2 aromatic rings. The molecule has 1 unspecified atom stereocenters. The van der Waals surface area contributed by atoms with E-state index in [1.54, 1.807) is 12.1 Å². The van der Waals surface area contributed by atoms with Gasteiger partial charge in [0.1, 0.15) is 0 Å². The van der Waals surface area contributed by atoms with Crippen LogP contribution in [-0.4, -0.2) is 14.0 Å². The maximum absolute atomic E-state index is 12.4. The Balaban J connectivity index is 2.25. The molecular weight excluding hydrogens is 326 g/mol. The van der Waals surface area contributed by atoms with Crippen molar-refractivity contribution in [2.75, 3.05) is 5.73 Å². The van der Waals surface area contributed by atoms with Crippen LogP contribution in [-0.2, 0) is 23.1 Å². The van der Waals surface area contributed by atoms with Gasteiger partial charge in [-0.1, -0.05) is 15.9 Å². The number of nitrogen functional groups attached to an aromatic ring is 1. The molecular formula is C13H16BrN3OS. The van der Waals surface area contributed by atoms with Gasteiger partial charge in [-0.05, 0) is 38.1 Å². The third kappa shape index (κ3) is 3.25. The van der Waals surface area contributed by atoms with Gasteiger partial charge in [-0.3, -0.25) is 8.89 Å². The van der Waals surface area contributed by atoms with E-state index in [-0.39, 0.29) is 0 Å². The molecule has 0 bridgehead atoms. The zero-order valence-electron chi connectivity index (χ0n) is 10.9. The summed E-state index contributed by atoms with van der Waals surface area (Å²) < 4.78 is 15.2. The van der Waals surface area contributed by atoms with Crippen LogP contribution in [0.25, 0.3) is 0 Å². The Morgan fingerprint density at radius 3 is 2.79 bits per heavy atom. The quantitative estimate of drug-likeness (QED) is 0.869. The van der Waals surface area contributed by atoms with Crippen LogP contribution in [0.4, 0.5) is 5.69 Å². The summed E-state index contributed by atoms with van der Waals surface area (Å²) in [4.78, 5) is 0.671. The van der Waals surface area contributed by atoms with Crippen molar-refractivity contribution in [3.05, 3.63) is 40.1 Å². The summed E-state index contributed by atoms with van der Waals surface area (Å²) in [6.07, 6.45) is 0. The topological polar surface area (TPSA) is 60.9 Å². The van der Waals surface area contributed by atoms with Crippen LogP contribution >= 0.6 is 15.9 Å². The summed E-state index contributed by atoms with van der Waals surface area (Å²) in [7, 11) is -1.16. The second-order valence-electron chi connectivity index (χ2n) is 4.26. The van der Waals surface area contributed by atoms with Crippen molar-refractivity contribution in [3.8, 4) is 0 Å². The van der Waals surface area contributed by atoms with Crippen LogP contribution in [0.15, 0.2) is 33.6 Å².